The number of para-hydroxylation sites is 1. The van der Waals surface area contributed by atoms with Gasteiger partial charge >= 0.3 is 49.4 Å². The molecule has 0 N–H and O–H groups in total. The van der Waals surface area contributed by atoms with E-state index in [1.165, 1.54) is 10.9 Å². The van der Waals surface area contributed by atoms with Crippen molar-refractivity contribution in [3.63, 3.8) is 0 Å². The van der Waals surface area contributed by atoms with Gasteiger partial charge in [0, 0.05) is 29.5 Å². The number of carbonyl (C=O) groups is 1. The minimum absolute atomic E-state index is 0.241. The maximum atomic E-state index is 14.2. The Morgan fingerprint density at radius 2 is 0.667 bits per heavy atom. The summed E-state index contributed by atoms with van der Waals surface area (Å²) in [5.74, 6) is 0.241. The number of aromatic nitrogens is 1. The van der Waals surface area contributed by atoms with Gasteiger partial charge in [-0.15, -0.1) is 0 Å². The normalized spacial score (nSPS) is 13.3. The van der Waals surface area contributed by atoms with Crippen molar-refractivity contribution in [2.24, 2.45) is 0 Å². The lowest BCUT2D eigenvalue weighted by atomic mass is 9.12. The van der Waals surface area contributed by atoms with E-state index in [0.717, 1.165) is 37.0 Å². The molecular formula is C54H36BF24NO. The van der Waals surface area contributed by atoms with Gasteiger partial charge in [-0.3, -0.25) is 4.79 Å². The van der Waals surface area contributed by atoms with E-state index in [1.54, 1.807) is 0 Å². The van der Waals surface area contributed by atoms with E-state index in [0.29, 0.717) is 6.42 Å². The minimum atomic E-state index is -6.13. The van der Waals surface area contributed by atoms with Crippen LogP contribution in [-0.4, -0.2) is 11.9 Å². The van der Waals surface area contributed by atoms with E-state index in [1.807, 2.05) is 36.4 Å². The van der Waals surface area contributed by atoms with E-state index < -0.39 is 195 Å². The molecule has 1 heterocycles. The maximum Gasteiger partial charge on any atom is 0.416 e. The molecule has 1 aromatic heterocycles. The lowest BCUT2D eigenvalue weighted by molar-refractivity contribution is -0.664. The number of rotatable bonds is 11. The molecule has 0 atom stereocenters. The van der Waals surface area contributed by atoms with Gasteiger partial charge in [-0.1, -0.05) is 111 Å². The average Bonchev–Trinajstić information content (AvgIpc) is 3.35. The second kappa shape index (κ2) is 22.6. The third-order valence-electron chi connectivity index (χ3n) is 12.9. The molecule has 7 rings (SSSR count). The molecule has 0 saturated carbocycles. The second-order valence-electron chi connectivity index (χ2n) is 18.5. The van der Waals surface area contributed by atoms with Crippen LogP contribution in [0.5, 0.6) is 0 Å². The quantitative estimate of drug-likeness (QED) is 0.0416. The topological polar surface area (TPSA) is 20.9 Å². The summed E-state index contributed by atoms with van der Waals surface area (Å²) in [4.78, 5) is 12.8. The van der Waals surface area contributed by atoms with Crippen LogP contribution in [0.3, 0.4) is 0 Å². The Labute approximate surface area is 442 Å². The molecule has 0 unspecified atom stereocenters. The van der Waals surface area contributed by atoms with Crippen LogP contribution < -0.4 is 26.4 Å². The molecule has 2 nitrogen and oxygen atoms in total. The van der Waals surface area contributed by atoms with Gasteiger partial charge < -0.3 is 0 Å². The van der Waals surface area contributed by atoms with Crippen LogP contribution in [0.4, 0.5) is 105 Å². The number of pyridine rings is 1. The molecule has 0 aliphatic rings. The highest BCUT2D eigenvalue weighted by atomic mass is 19.4. The molecule has 0 bridgehead atoms. The van der Waals surface area contributed by atoms with Crippen LogP contribution in [0.25, 0.3) is 10.9 Å². The van der Waals surface area contributed by atoms with E-state index >= 15 is 0 Å². The molecule has 0 saturated heterocycles. The van der Waals surface area contributed by atoms with Gasteiger partial charge in [0.25, 0.3) is 0 Å². The second-order valence-corrected chi connectivity index (χ2v) is 18.5. The van der Waals surface area contributed by atoms with Gasteiger partial charge in [-0.25, -0.2) is 0 Å². The summed E-state index contributed by atoms with van der Waals surface area (Å²) >= 11 is 0. The molecule has 6 aromatic carbocycles. The fourth-order valence-electron chi connectivity index (χ4n) is 9.18. The Bertz CT molecular complexity index is 2940. The Hall–Kier alpha value is -7.22. The van der Waals surface area contributed by atoms with Crippen LogP contribution in [0.1, 0.15) is 93.2 Å². The summed E-state index contributed by atoms with van der Waals surface area (Å²) in [6.07, 6.45) is -51.0. The highest BCUT2D eigenvalue weighted by molar-refractivity contribution is 7.20. The van der Waals surface area contributed by atoms with Crippen molar-refractivity contribution in [3.8, 4) is 0 Å². The number of fused-ring (bicyclic) bond motifs is 1. The van der Waals surface area contributed by atoms with Crippen molar-refractivity contribution in [3.05, 3.63) is 195 Å². The number of unbranched alkanes of at least 4 members (excludes halogenated alkanes) is 2. The lowest BCUT2D eigenvalue weighted by Crippen LogP contribution is -2.75. The molecule has 27 heteroatoms. The Balaban J connectivity index is 0.000000363. The fourth-order valence-corrected chi connectivity index (χ4v) is 9.18. The van der Waals surface area contributed by atoms with Crippen LogP contribution in [0.2, 0.25) is 0 Å². The van der Waals surface area contributed by atoms with Crippen LogP contribution in [0, 0.1) is 0 Å². The predicted molar refractivity (Wildman–Crippen MR) is 248 cm³/mol. The first-order valence-corrected chi connectivity index (χ1v) is 23.4. The Morgan fingerprint density at radius 3 is 0.963 bits per heavy atom. The smallest absolute Gasteiger partial charge is 0.287 e. The molecule has 0 amide bonds. The van der Waals surface area contributed by atoms with Crippen molar-refractivity contribution in [2.45, 2.75) is 88.6 Å². The molecule has 0 radical (unpaired) electrons. The number of carbonyl (C=O) groups excluding carboxylic acids is 1. The number of hydrogen-bond acceptors (Lipinski definition) is 1. The fraction of sp³-hybridized carbons (Fsp3) is 0.259. The monoisotopic (exact) mass is 1180 g/mol. The summed E-state index contributed by atoms with van der Waals surface area (Å²) < 4.78 is 343. The zero-order valence-electron chi connectivity index (χ0n) is 40.8. The van der Waals surface area contributed by atoms with Gasteiger partial charge in [0.05, 0.1) is 44.5 Å². The highest BCUT2D eigenvalue weighted by Crippen LogP contribution is 2.41. The van der Waals surface area contributed by atoms with Gasteiger partial charge in [0.1, 0.15) is 6.15 Å². The molecule has 0 aliphatic carbocycles. The van der Waals surface area contributed by atoms with E-state index in [4.69, 9.17) is 0 Å². The maximum absolute atomic E-state index is 14.2. The first-order chi connectivity index (χ1) is 37.1. The first-order valence-electron chi connectivity index (χ1n) is 23.4. The Kier molecular flexibility index (Phi) is 17.6. The number of halogens is 24. The van der Waals surface area contributed by atoms with Gasteiger partial charge in [0.15, 0.2) is 6.54 Å². The lowest BCUT2D eigenvalue weighted by Gasteiger charge is -2.46. The summed E-state index contributed by atoms with van der Waals surface area (Å²) in [6.45, 7) is 2.88. The van der Waals surface area contributed by atoms with Gasteiger partial charge in [-0.2, -0.15) is 132 Å². The molecular weight excluding hydrogens is 1150 g/mol. The number of Topliss-reactive ketones (excluding diaryl/α,β-unsaturated/α-hetero) is 1. The van der Waals surface area contributed by atoms with E-state index in [-0.39, 0.29) is 5.78 Å². The first kappa shape index (κ1) is 63.0. The van der Waals surface area contributed by atoms with Gasteiger partial charge in [-0.05, 0) is 42.8 Å². The number of nitrogens with zero attached hydrogens (tertiary/aromatic N) is 1. The standard InChI is InChI=1S/C32H12BF24.C22H24NO/c34-25(35,36)13-1-14(26(37,38)39)6-21(5-13)33(22-7-15(27(40,41)42)2-16(8-22)28(43,44)45,23-9-17(29(46,47)48)3-18(10-23)30(49,50)51)24-11-19(31(52,53)54)4-20(12-24)32(55,56)57;1-2-3-5-14-22(24)21-16-15-19-12-8-9-13-20(19)23(21)17-18-10-6-4-7-11-18/h1-12H;4,6-13,15-16H,2-3,5,14,17H2,1H3/q-1;+1. The Morgan fingerprint density at radius 1 is 0.370 bits per heavy atom. The van der Waals surface area contributed by atoms with Crippen LogP contribution in [0.15, 0.2) is 140 Å². The van der Waals surface area contributed by atoms with Gasteiger partial charge in [0.2, 0.25) is 17.0 Å². The van der Waals surface area contributed by atoms with E-state index in [9.17, 15) is 110 Å². The summed E-state index contributed by atoms with van der Waals surface area (Å²) in [7, 11) is 0. The summed E-state index contributed by atoms with van der Waals surface area (Å²) in [5, 5.41) is 1.17. The van der Waals surface area contributed by atoms with Crippen molar-refractivity contribution < 1.29 is 115 Å². The average molecular weight is 1180 g/mol. The largest absolute Gasteiger partial charge is 0.416 e. The molecule has 81 heavy (non-hydrogen) atoms. The predicted octanol–water partition coefficient (Wildman–Crippen LogP) is 16.2. The molecule has 0 spiro atoms. The number of benzene rings is 6. The third kappa shape index (κ3) is 14.6. The molecule has 434 valence electrons. The van der Waals surface area contributed by atoms with Crippen molar-refractivity contribution in [1.29, 1.82) is 0 Å². The van der Waals surface area contributed by atoms with Crippen LogP contribution in [-0.2, 0) is 56.0 Å². The molecule has 0 aliphatic heterocycles. The molecule has 0 fully saturated rings. The minimum Gasteiger partial charge on any atom is -0.287 e. The summed E-state index contributed by atoms with van der Waals surface area (Å²) in [6, 6.07) is 13.8. The molecule has 7 aromatic rings. The zero-order valence-corrected chi connectivity index (χ0v) is 40.8. The van der Waals surface area contributed by atoms with Crippen molar-refractivity contribution >= 4 is 44.7 Å². The number of hydrogen-bond donors (Lipinski definition) is 0. The number of alkyl halides is 24. The van der Waals surface area contributed by atoms with Crippen LogP contribution >= 0.6 is 0 Å². The third-order valence-corrected chi connectivity index (χ3v) is 12.9. The van der Waals surface area contributed by atoms with Crippen molar-refractivity contribution in [1.82, 2.24) is 0 Å². The summed E-state index contributed by atoms with van der Waals surface area (Å²) in [5.41, 5.74) is -27.1. The zero-order chi connectivity index (χ0) is 60.7. The SMILES string of the molecule is CCCCCC(=O)c1ccc2ccccc2[n+]1Cc1ccccc1.FC(F)(F)c1cc([B-](c2cc(C(F)(F)F)cc(C(F)(F)F)c2)(c2cc(C(F)(F)F)cc(C(F)(F)F)c2)c2cc(C(F)(F)F)cc(C(F)(F)F)c2)cc(C(F)(F)F)c1. The van der Waals surface area contributed by atoms with E-state index in [2.05, 4.69) is 41.8 Å². The highest BCUT2D eigenvalue weighted by Gasteiger charge is 2.47. The van der Waals surface area contributed by atoms with Crippen molar-refractivity contribution in [2.75, 3.05) is 0 Å². The number of ketones is 1.